The maximum atomic E-state index is 2.31. The van der Waals surface area contributed by atoms with Crippen LogP contribution in [0.25, 0.3) is 12.2 Å². The lowest BCUT2D eigenvalue weighted by Crippen LogP contribution is -2.13. The summed E-state index contributed by atoms with van der Waals surface area (Å²) < 4.78 is 0. The summed E-state index contributed by atoms with van der Waals surface area (Å²) in [6.07, 6.45) is 4.37. The molecule has 0 saturated heterocycles. The predicted molar refractivity (Wildman–Crippen MR) is 209 cm³/mol. The minimum Gasteiger partial charge on any atom is -0.311 e. The first-order valence-electron chi connectivity index (χ1n) is 16.9. The molecule has 0 bridgehead atoms. The summed E-state index contributed by atoms with van der Waals surface area (Å²) in [4.78, 5) is 4.63. The van der Waals surface area contributed by atoms with Gasteiger partial charge in [-0.25, -0.2) is 0 Å². The molecule has 6 aromatic carbocycles. The molecule has 0 atom stereocenters. The molecule has 240 valence electrons. The zero-order valence-electron chi connectivity index (χ0n) is 29.1. The molecule has 0 fully saturated rings. The van der Waals surface area contributed by atoms with Gasteiger partial charge >= 0.3 is 0 Å². The number of anilines is 6. The molecule has 0 aliphatic carbocycles. The van der Waals surface area contributed by atoms with Crippen LogP contribution in [0.2, 0.25) is 0 Å². The highest BCUT2D eigenvalue weighted by atomic mass is 15.1. The van der Waals surface area contributed by atoms with Crippen LogP contribution in [0.4, 0.5) is 34.1 Å². The molecule has 0 amide bonds. The second-order valence-electron chi connectivity index (χ2n) is 14.5. The fourth-order valence-corrected chi connectivity index (χ4v) is 5.93. The fourth-order valence-electron chi connectivity index (χ4n) is 5.93. The molecule has 0 spiro atoms. The summed E-state index contributed by atoms with van der Waals surface area (Å²) in [7, 11) is 0. The summed E-state index contributed by atoms with van der Waals surface area (Å²) in [5.74, 6) is 0. The van der Waals surface area contributed by atoms with Crippen LogP contribution < -0.4 is 9.80 Å². The molecule has 0 aromatic heterocycles. The molecular formula is C46H46N2. The maximum absolute atomic E-state index is 2.31. The van der Waals surface area contributed by atoms with Crippen molar-refractivity contribution in [2.45, 2.75) is 52.4 Å². The molecule has 0 N–H and O–H groups in total. The standard InChI is InChI=1S/C46H46N2/c1-45(2,3)37-23-31-43(32-24-37)47(39-13-9-7-10-14-39)41-27-19-35(20-28-41)17-18-36-21-29-42(30-22-36)48(40-15-11-8-12-16-40)44-33-25-38(26-34-44)46(4,5)6/h7-34H,1-6H3/b18-17+. The third-order valence-electron chi connectivity index (χ3n) is 8.78. The normalized spacial score (nSPS) is 11.9. The first kappa shape index (κ1) is 32.6. The minimum absolute atomic E-state index is 0.115. The van der Waals surface area contributed by atoms with Crippen molar-refractivity contribution in [3.8, 4) is 0 Å². The van der Waals surface area contributed by atoms with Gasteiger partial charge in [0.1, 0.15) is 0 Å². The number of benzene rings is 6. The van der Waals surface area contributed by atoms with E-state index in [4.69, 9.17) is 0 Å². The van der Waals surface area contributed by atoms with Crippen molar-refractivity contribution in [2.75, 3.05) is 9.80 Å². The van der Waals surface area contributed by atoms with Crippen molar-refractivity contribution in [1.82, 2.24) is 0 Å². The Morgan fingerprint density at radius 2 is 0.562 bits per heavy atom. The first-order valence-corrected chi connectivity index (χ1v) is 16.9. The number of hydrogen-bond donors (Lipinski definition) is 0. The van der Waals surface area contributed by atoms with E-state index >= 15 is 0 Å². The van der Waals surface area contributed by atoms with Crippen LogP contribution in [0.5, 0.6) is 0 Å². The lowest BCUT2D eigenvalue weighted by atomic mass is 9.87. The largest absolute Gasteiger partial charge is 0.311 e. The second-order valence-corrected chi connectivity index (χ2v) is 14.5. The van der Waals surface area contributed by atoms with Crippen molar-refractivity contribution >= 4 is 46.3 Å². The highest BCUT2D eigenvalue weighted by Gasteiger charge is 2.18. The Bertz CT molecular complexity index is 1780. The quantitative estimate of drug-likeness (QED) is 0.155. The molecule has 2 nitrogen and oxygen atoms in total. The minimum atomic E-state index is 0.115. The highest BCUT2D eigenvalue weighted by Crippen LogP contribution is 2.37. The van der Waals surface area contributed by atoms with E-state index in [1.165, 1.54) is 11.1 Å². The Labute approximate surface area is 287 Å². The first-order chi connectivity index (χ1) is 23.1. The molecule has 6 aromatic rings. The zero-order chi connectivity index (χ0) is 33.7. The van der Waals surface area contributed by atoms with Crippen LogP contribution >= 0.6 is 0 Å². The van der Waals surface area contributed by atoms with E-state index in [9.17, 15) is 0 Å². The van der Waals surface area contributed by atoms with Gasteiger partial charge in [0, 0.05) is 34.1 Å². The van der Waals surface area contributed by atoms with Crippen molar-refractivity contribution in [3.05, 3.63) is 180 Å². The molecule has 48 heavy (non-hydrogen) atoms. The summed E-state index contributed by atoms with van der Waals surface area (Å²) in [5, 5.41) is 0. The molecule has 2 heteroatoms. The van der Waals surface area contributed by atoms with E-state index in [1.54, 1.807) is 0 Å². The third-order valence-corrected chi connectivity index (χ3v) is 8.78. The van der Waals surface area contributed by atoms with Crippen LogP contribution in [-0.2, 0) is 10.8 Å². The van der Waals surface area contributed by atoms with Crippen LogP contribution in [0.1, 0.15) is 63.8 Å². The molecule has 6 rings (SSSR count). The van der Waals surface area contributed by atoms with Gasteiger partial charge in [-0.15, -0.1) is 0 Å². The van der Waals surface area contributed by atoms with E-state index in [0.717, 1.165) is 45.3 Å². The van der Waals surface area contributed by atoms with Crippen LogP contribution in [-0.4, -0.2) is 0 Å². The van der Waals surface area contributed by atoms with Gasteiger partial charge in [-0.05, 0) is 106 Å². The summed E-state index contributed by atoms with van der Waals surface area (Å²) in [6.45, 7) is 13.5. The van der Waals surface area contributed by atoms with Crippen LogP contribution in [0.15, 0.2) is 158 Å². The van der Waals surface area contributed by atoms with Crippen molar-refractivity contribution in [3.63, 3.8) is 0 Å². The summed E-state index contributed by atoms with van der Waals surface area (Å²) in [5.41, 5.74) is 12.0. The molecule has 0 saturated carbocycles. The van der Waals surface area contributed by atoms with Gasteiger partial charge in [0.25, 0.3) is 0 Å². The molecule has 0 aliphatic rings. The molecular weight excluding hydrogens is 581 g/mol. The summed E-state index contributed by atoms with van der Waals surface area (Å²) in [6, 6.07) is 56.6. The molecule has 0 heterocycles. The van der Waals surface area contributed by atoms with Gasteiger partial charge in [-0.1, -0.05) is 139 Å². The lowest BCUT2D eigenvalue weighted by Gasteiger charge is -2.27. The smallest absolute Gasteiger partial charge is 0.0462 e. The monoisotopic (exact) mass is 626 g/mol. The third kappa shape index (κ3) is 7.61. The van der Waals surface area contributed by atoms with Gasteiger partial charge in [0.15, 0.2) is 0 Å². The van der Waals surface area contributed by atoms with E-state index < -0.39 is 0 Å². The highest BCUT2D eigenvalue weighted by molar-refractivity contribution is 5.80. The van der Waals surface area contributed by atoms with Gasteiger partial charge < -0.3 is 9.80 Å². The SMILES string of the molecule is CC(C)(C)c1ccc(N(c2ccccc2)c2ccc(/C=C/c3ccc(N(c4ccccc4)c4ccc(C(C)(C)C)cc4)cc3)cc2)cc1. The molecule has 0 unspecified atom stereocenters. The van der Waals surface area contributed by atoms with Crippen LogP contribution in [0.3, 0.4) is 0 Å². The zero-order valence-corrected chi connectivity index (χ0v) is 29.1. The maximum Gasteiger partial charge on any atom is 0.0462 e. The van der Waals surface area contributed by atoms with E-state index in [-0.39, 0.29) is 10.8 Å². The van der Waals surface area contributed by atoms with Crippen molar-refractivity contribution in [2.24, 2.45) is 0 Å². The van der Waals surface area contributed by atoms with E-state index in [1.807, 2.05) is 0 Å². The Kier molecular flexibility index (Phi) is 9.37. The number of hydrogen-bond acceptors (Lipinski definition) is 2. The lowest BCUT2D eigenvalue weighted by molar-refractivity contribution is 0.590. The van der Waals surface area contributed by atoms with Gasteiger partial charge in [-0.2, -0.15) is 0 Å². The predicted octanol–water partition coefficient (Wildman–Crippen LogP) is 13.4. The summed E-state index contributed by atoms with van der Waals surface area (Å²) >= 11 is 0. The van der Waals surface area contributed by atoms with E-state index in [2.05, 4.69) is 221 Å². The topological polar surface area (TPSA) is 6.48 Å². The van der Waals surface area contributed by atoms with Gasteiger partial charge in [-0.3, -0.25) is 0 Å². The van der Waals surface area contributed by atoms with Gasteiger partial charge in [0.2, 0.25) is 0 Å². The van der Waals surface area contributed by atoms with Gasteiger partial charge in [0.05, 0.1) is 0 Å². The number of rotatable bonds is 8. The van der Waals surface area contributed by atoms with Crippen molar-refractivity contribution < 1.29 is 0 Å². The Balaban J connectivity index is 1.23. The second kappa shape index (κ2) is 13.8. The Morgan fingerprint density at radius 1 is 0.312 bits per heavy atom. The number of nitrogens with zero attached hydrogens (tertiary/aromatic N) is 2. The average molecular weight is 627 g/mol. The Morgan fingerprint density at radius 3 is 0.833 bits per heavy atom. The number of para-hydroxylation sites is 2. The molecule has 0 radical (unpaired) electrons. The van der Waals surface area contributed by atoms with E-state index in [0.29, 0.717) is 0 Å². The molecule has 0 aliphatic heterocycles. The Hall–Kier alpha value is -5.34. The average Bonchev–Trinajstić information content (AvgIpc) is 3.09. The van der Waals surface area contributed by atoms with Crippen molar-refractivity contribution in [1.29, 1.82) is 0 Å². The van der Waals surface area contributed by atoms with Crippen LogP contribution in [0, 0.1) is 0 Å². The fraction of sp³-hybridized carbons (Fsp3) is 0.174.